The third-order valence-electron chi connectivity index (χ3n) is 5.97. The summed E-state index contributed by atoms with van der Waals surface area (Å²) in [4.78, 5) is 27.4. The zero-order valence-corrected chi connectivity index (χ0v) is 20.0. The van der Waals surface area contributed by atoms with Gasteiger partial charge in [-0.05, 0) is 57.9 Å². The number of ether oxygens (including phenoxy) is 1. The van der Waals surface area contributed by atoms with Gasteiger partial charge in [-0.1, -0.05) is 12.8 Å². The van der Waals surface area contributed by atoms with Crippen LogP contribution in [0.3, 0.4) is 0 Å². The SMILES string of the molecule is CC(C)(C)OC(=O)NCc1cc(Nc2nn([C@H]3CCCC[C@@H]3C#N)c3cc[nH]c(=O)c23)ccc1F. The Morgan fingerprint density at radius 3 is 2.83 bits per heavy atom. The Kier molecular flexibility index (Phi) is 6.78. The quantitative estimate of drug-likeness (QED) is 0.478. The predicted octanol–water partition coefficient (Wildman–Crippen LogP) is 4.89. The number of fused-ring (bicyclic) bond motifs is 1. The molecule has 3 N–H and O–H groups in total. The molecule has 1 aliphatic rings. The molecule has 1 fully saturated rings. The van der Waals surface area contributed by atoms with E-state index in [0.717, 1.165) is 25.7 Å². The standard InChI is InChI=1S/C25H29FN6O3/c1-25(2,3)35-24(34)29-14-16-12-17(8-9-18(16)26)30-22-21-20(10-11-28-23(21)33)32(31-22)19-7-5-4-6-15(19)13-27/h8-12,15,19H,4-7,14H2,1-3H3,(H,28,33)(H,29,34)(H,30,31)/t15-,19+/m1/s1. The Morgan fingerprint density at radius 2 is 2.09 bits per heavy atom. The summed E-state index contributed by atoms with van der Waals surface area (Å²) < 4.78 is 21.4. The lowest BCUT2D eigenvalue weighted by Gasteiger charge is -2.27. The van der Waals surface area contributed by atoms with Crippen molar-refractivity contribution >= 4 is 28.5 Å². The Bertz CT molecular complexity index is 1330. The van der Waals surface area contributed by atoms with Gasteiger partial charge in [0, 0.05) is 24.0 Å². The van der Waals surface area contributed by atoms with E-state index in [0.29, 0.717) is 22.4 Å². The summed E-state index contributed by atoms with van der Waals surface area (Å²) in [6.07, 6.45) is 4.50. The van der Waals surface area contributed by atoms with Crippen LogP contribution in [-0.4, -0.2) is 26.5 Å². The molecule has 0 unspecified atom stereocenters. The summed E-state index contributed by atoms with van der Waals surface area (Å²) in [5.41, 5.74) is 0.409. The fourth-order valence-corrected chi connectivity index (χ4v) is 4.40. The second-order valence-electron chi connectivity index (χ2n) is 9.73. The zero-order chi connectivity index (χ0) is 25.2. The highest BCUT2D eigenvalue weighted by Crippen LogP contribution is 2.36. The molecule has 2 atom stereocenters. The fourth-order valence-electron chi connectivity index (χ4n) is 4.40. The zero-order valence-electron chi connectivity index (χ0n) is 20.0. The van der Waals surface area contributed by atoms with Gasteiger partial charge in [0.15, 0.2) is 5.82 Å². The van der Waals surface area contributed by atoms with Crippen LogP contribution in [0.4, 0.5) is 20.7 Å². The number of nitrogens with zero attached hydrogens (tertiary/aromatic N) is 3. The van der Waals surface area contributed by atoms with Crippen LogP contribution in [-0.2, 0) is 11.3 Å². The molecule has 0 radical (unpaired) electrons. The molecule has 0 bridgehead atoms. The summed E-state index contributed by atoms with van der Waals surface area (Å²) in [6, 6.07) is 8.40. The number of rotatable bonds is 5. The van der Waals surface area contributed by atoms with Gasteiger partial charge in [0.05, 0.1) is 23.5 Å². The van der Waals surface area contributed by atoms with E-state index >= 15 is 0 Å². The van der Waals surface area contributed by atoms with E-state index in [2.05, 4.69) is 26.8 Å². The van der Waals surface area contributed by atoms with E-state index in [-0.39, 0.29) is 29.6 Å². The first-order valence-corrected chi connectivity index (χ1v) is 11.7. The van der Waals surface area contributed by atoms with Crippen LogP contribution < -0.4 is 16.2 Å². The lowest BCUT2D eigenvalue weighted by molar-refractivity contribution is 0.0523. The number of carbonyl (C=O) groups is 1. The molecule has 1 saturated carbocycles. The number of aromatic amines is 1. The topological polar surface area (TPSA) is 125 Å². The maximum absolute atomic E-state index is 14.4. The molecule has 35 heavy (non-hydrogen) atoms. The number of hydrogen-bond donors (Lipinski definition) is 3. The fraction of sp³-hybridized carbons (Fsp3) is 0.440. The number of alkyl carbamates (subject to hydrolysis) is 1. The number of aromatic nitrogens is 3. The number of H-pyrrole nitrogens is 1. The molecule has 2 aromatic heterocycles. The molecule has 1 aliphatic carbocycles. The predicted molar refractivity (Wildman–Crippen MR) is 130 cm³/mol. The Balaban J connectivity index is 1.63. The van der Waals surface area contributed by atoms with E-state index in [1.54, 1.807) is 43.8 Å². The lowest BCUT2D eigenvalue weighted by atomic mass is 9.85. The first-order chi connectivity index (χ1) is 16.7. The number of benzene rings is 1. The third-order valence-corrected chi connectivity index (χ3v) is 5.97. The summed E-state index contributed by atoms with van der Waals surface area (Å²) >= 11 is 0. The average Bonchev–Trinajstić information content (AvgIpc) is 3.17. The maximum atomic E-state index is 14.4. The van der Waals surface area contributed by atoms with E-state index in [9.17, 15) is 19.2 Å². The van der Waals surface area contributed by atoms with Crippen molar-refractivity contribution in [2.75, 3.05) is 5.32 Å². The molecule has 1 aromatic carbocycles. The van der Waals surface area contributed by atoms with Crippen LogP contribution in [0.25, 0.3) is 10.9 Å². The highest BCUT2D eigenvalue weighted by molar-refractivity contribution is 5.91. The van der Waals surface area contributed by atoms with Crippen LogP contribution in [0.1, 0.15) is 58.1 Å². The molecule has 1 amide bonds. The number of nitriles is 1. The van der Waals surface area contributed by atoms with Gasteiger partial charge in [-0.2, -0.15) is 10.4 Å². The summed E-state index contributed by atoms with van der Waals surface area (Å²) in [5, 5.41) is 20.4. The normalized spacial score (nSPS) is 18.1. The molecule has 0 spiro atoms. The van der Waals surface area contributed by atoms with Crippen molar-refractivity contribution in [1.29, 1.82) is 5.26 Å². The molecule has 0 aliphatic heterocycles. The molecule has 3 aromatic rings. The maximum Gasteiger partial charge on any atom is 0.407 e. The first kappa shape index (κ1) is 24.3. The van der Waals surface area contributed by atoms with Gasteiger partial charge in [0.25, 0.3) is 5.56 Å². The largest absolute Gasteiger partial charge is 0.444 e. The second kappa shape index (κ2) is 9.78. The van der Waals surface area contributed by atoms with Gasteiger partial charge >= 0.3 is 6.09 Å². The van der Waals surface area contributed by atoms with Crippen LogP contribution >= 0.6 is 0 Å². The van der Waals surface area contributed by atoms with Crippen LogP contribution in [0, 0.1) is 23.1 Å². The monoisotopic (exact) mass is 480 g/mol. The van der Waals surface area contributed by atoms with Gasteiger partial charge in [0.2, 0.25) is 0 Å². The number of hydrogen-bond acceptors (Lipinski definition) is 6. The minimum absolute atomic E-state index is 0.0715. The molecule has 4 rings (SSSR count). The number of carbonyl (C=O) groups excluding carboxylic acids is 1. The second-order valence-corrected chi connectivity index (χ2v) is 9.73. The molecule has 184 valence electrons. The highest BCUT2D eigenvalue weighted by atomic mass is 19.1. The molecular weight excluding hydrogens is 451 g/mol. The minimum atomic E-state index is -0.665. The van der Waals surface area contributed by atoms with Crippen LogP contribution in [0.5, 0.6) is 0 Å². The Hall–Kier alpha value is -3.87. The number of nitrogens with one attached hydrogen (secondary N) is 3. The number of anilines is 2. The van der Waals surface area contributed by atoms with Gasteiger partial charge in [-0.25, -0.2) is 9.18 Å². The van der Waals surface area contributed by atoms with E-state index in [4.69, 9.17) is 4.74 Å². The van der Waals surface area contributed by atoms with Crippen LogP contribution in [0.2, 0.25) is 0 Å². The molecular formula is C25H29FN6O3. The van der Waals surface area contributed by atoms with Crippen molar-refractivity contribution in [3.63, 3.8) is 0 Å². The third kappa shape index (κ3) is 5.45. The van der Waals surface area contributed by atoms with E-state index < -0.39 is 17.5 Å². The van der Waals surface area contributed by atoms with Crippen molar-refractivity contribution in [1.82, 2.24) is 20.1 Å². The molecule has 0 saturated heterocycles. The minimum Gasteiger partial charge on any atom is -0.444 e. The van der Waals surface area contributed by atoms with Crippen LogP contribution in [0.15, 0.2) is 35.3 Å². The van der Waals surface area contributed by atoms with Crippen molar-refractivity contribution in [2.45, 2.75) is 64.6 Å². The van der Waals surface area contributed by atoms with Crippen molar-refractivity contribution in [3.8, 4) is 6.07 Å². The van der Waals surface area contributed by atoms with Gasteiger partial charge in [0.1, 0.15) is 16.8 Å². The van der Waals surface area contributed by atoms with Crippen molar-refractivity contribution in [2.24, 2.45) is 5.92 Å². The van der Waals surface area contributed by atoms with E-state index in [1.807, 2.05) is 0 Å². The van der Waals surface area contributed by atoms with Gasteiger partial charge in [-0.3, -0.25) is 9.48 Å². The summed E-state index contributed by atoms with van der Waals surface area (Å²) in [7, 11) is 0. The molecule has 10 heteroatoms. The summed E-state index contributed by atoms with van der Waals surface area (Å²) in [5.74, 6) is -0.351. The summed E-state index contributed by atoms with van der Waals surface area (Å²) in [6.45, 7) is 5.16. The van der Waals surface area contributed by atoms with Crippen molar-refractivity contribution < 1.29 is 13.9 Å². The lowest BCUT2D eigenvalue weighted by Crippen LogP contribution is -2.32. The van der Waals surface area contributed by atoms with Crippen molar-refractivity contribution in [3.05, 3.63) is 52.2 Å². The average molecular weight is 481 g/mol. The van der Waals surface area contributed by atoms with E-state index in [1.165, 1.54) is 12.1 Å². The number of halogens is 1. The number of amides is 1. The number of pyridine rings is 1. The Morgan fingerprint density at radius 1 is 1.31 bits per heavy atom. The highest BCUT2D eigenvalue weighted by Gasteiger charge is 2.30. The Labute approximate surface area is 202 Å². The van der Waals surface area contributed by atoms with Gasteiger partial charge in [-0.15, -0.1) is 0 Å². The first-order valence-electron chi connectivity index (χ1n) is 11.7. The smallest absolute Gasteiger partial charge is 0.407 e. The molecule has 2 heterocycles. The van der Waals surface area contributed by atoms with Gasteiger partial charge < -0.3 is 20.4 Å². The molecule has 9 nitrogen and oxygen atoms in total.